The average Bonchev–Trinajstić information content (AvgIpc) is 3.75. The van der Waals surface area contributed by atoms with Crippen molar-refractivity contribution in [2.75, 3.05) is 20.1 Å². The van der Waals surface area contributed by atoms with Crippen LogP contribution in [0.2, 0.25) is 0 Å². The number of nitrogens with zero attached hydrogens (tertiary/aromatic N) is 4. The molecule has 6 amide bonds. The fraction of sp³-hybridized carbons (Fsp3) is 0.432. The Bertz CT molecular complexity index is 2170. The maximum Gasteiger partial charge on any atom is 0.333 e. The zero-order chi connectivity index (χ0) is 44.0. The highest BCUT2D eigenvalue weighted by Crippen LogP contribution is 2.26. The van der Waals surface area contributed by atoms with Gasteiger partial charge in [-0.25, -0.2) is 9.78 Å². The van der Waals surface area contributed by atoms with E-state index in [1.54, 1.807) is 37.3 Å². The van der Waals surface area contributed by atoms with E-state index in [2.05, 4.69) is 20.9 Å². The fourth-order valence-electron chi connectivity index (χ4n) is 7.99. The monoisotopic (exact) mass is 837 g/mol. The van der Waals surface area contributed by atoms with Crippen LogP contribution in [-0.2, 0) is 44.7 Å². The number of fused-ring (bicyclic) bond motifs is 2. The Kier molecular flexibility index (Phi) is 13.8. The van der Waals surface area contributed by atoms with Crippen molar-refractivity contribution in [1.29, 1.82) is 0 Å². The van der Waals surface area contributed by atoms with Crippen LogP contribution in [0.4, 0.5) is 0 Å². The molecule has 3 fully saturated rings. The molecule has 0 saturated carbocycles. The van der Waals surface area contributed by atoms with E-state index in [0.29, 0.717) is 6.42 Å². The molecule has 6 rings (SSSR count). The number of hydrogen-bond donors (Lipinski definition) is 4. The molecule has 17 heteroatoms. The molecule has 4 N–H and O–H groups in total. The average molecular weight is 838 g/mol. The van der Waals surface area contributed by atoms with Gasteiger partial charge in [0, 0.05) is 45.6 Å². The minimum absolute atomic E-state index is 0.0418. The van der Waals surface area contributed by atoms with E-state index in [4.69, 9.17) is 4.74 Å². The third kappa shape index (κ3) is 9.88. The van der Waals surface area contributed by atoms with Crippen LogP contribution >= 0.6 is 0 Å². The highest BCUT2D eigenvalue weighted by Gasteiger charge is 2.45. The Labute approximate surface area is 353 Å². The van der Waals surface area contributed by atoms with Gasteiger partial charge >= 0.3 is 5.97 Å². The molecule has 7 atom stereocenters. The SMILES string of the molecule is CCC1NC(=O)[C@@H](NC(=O)c2ncccc2O)[C@@H](C)OC(=O)[C@H](c2ccccc2)NC(=O)[C@@H]2CC(=O)CCN2C(=O)[C@H](Cc2ccc(C)cc2)N(C)C(=O)[C@@H]2CCCN2C1=O. The lowest BCUT2D eigenvalue weighted by atomic mass is 9.95. The summed E-state index contributed by atoms with van der Waals surface area (Å²) in [5.74, 6) is -6.29. The molecule has 3 aliphatic rings. The molecule has 2 aromatic carbocycles. The van der Waals surface area contributed by atoms with Crippen molar-refractivity contribution >= 4 is 47.2 Å². The molecule has 17 nitrogen and oxygen atoms in total. The van der Waals surface area contributed by atoms with E-state index >= 15 is 0 Å². The van der Waals surface area contributed by atoms with Crippen molar-refractivity contribution < 1.29 is 48.2 Å². The van der Waals surface area contributed by atoms with Gasteiger partial charge in [-0.1, -0.05) is 67.1 Å². The van der Waals surface area contributed by atoms with Gasteiger partial charge in [-0.2, -0.15) is 0 Å². The molecule has 0 spiro atoms. The van der Waals surface area contributed by atoms with Crippen molar-refractivity contribution in [1.82, 2.24) is 35.6 Å². The standard InChI is InChI=1S/C44H51N7O10/c1-5-30-41(57)50-21-10-13-31(50)42(58)49(4)33(23-27-17-15-25(2)16-18-27)43(59)51-22-19-29(52)24-32(51)38(54)48-36(28-11-7-6-8-12-28)44(60)61-26(3)35(39(55)46-30)47-40(56)37-34(53)14-9-20-45-37/h6-9,11-12,14-18,20,26,30-33,35-36,53H,5,10,13,19,21-24H2,1-4H3,(H,46,55)(H,47,56)(H,48,54)/t26-,30?,31+,32+,33+,35+,36+/m1/s1. The Morgan fingerprint density at radius 1 is 0.869 bits per heavy atom. The number of benzene rings is 2. The number of piperidine rings is 1. The first-order chi connectivity index (χ1) is 29.2. The summed E-state index contributed by atoms with van der Waals surface area (Å²) in [6, 6.07) is 10.1. The fourth-order valence-corrected chi connectivity index (χ4v) is 7.99. The Hall–Kier alpha value is -6.65. The van der Waals surface area contributed by atoms with Gasteiger partial charge in [-0.05, 0) is 56.4 Å². The molecule has 1 unspecified atom stereocenters. The van der Waals surface area contributed by atoms with Gasteiger partial charge in [-0.15, -0.1) is 0 Å². The Morgan fingerprint density at radius 2 is 1.57 bits per heavy atom. The lowest BCUT2D eigenvalue weighted by Gasteiger charge is -2.40. The number of ether oxygens (including phenoxy) is 1. The van der Waals surface area contributed by atoms with E-state index in [1.807, 2.05) is 31.2 Å². The number of ketones is 1. The van der Waals surface area contributed by atoms with Crippen LogP contribution in [0, 0.1) is 6.92 Å². The summed E-state index contributed by atoms with van der Waals surface area (Å²) in [7, 11) is 1.47. The number of Topliss-reactive ketones (excluding diaryl/α,β-unsaturated/α-hetero) is 1. The Balaban J connectivity index is 1.44. The number of pyridine rings is 1. The number of aryl methyl sites for hydroxylation is 1. The number of esters is 1. The number of carbonyl (C=O) groups excluding carboxylic acids is 8. The van der Waals surface area contributed by atoms with Gasteiger partial charge in [0.25, 0.3) is 5.91 Å². The first-order valence-corrected chi connectivity index (χ1v) is 20.4. The quantitative estimate of drug-likeness (QED) is 0.261. The number of likely N-dealkylation sites (N-methyl/N-ethyl adjacent to an activating group) is 1. The number of carbonyl (C=O) groups is 8. The number of aromatic hydroxyl groups is 1. The van der Waals surface area contributed by atoms with Crippen molar-refractivity contribution in [2.45, 2.75) is 102 Å². The molecule has 0 aliphatic carbocycles. The topological polar surface area (TPSA) is 225 Å². The number of cyclic esters (lactones) is 1. The second-order valence-corrected chi connectivity index (χ2v) is 15.7. The van der Waals surface area contributed by atoms with Crippen LogP contribution in [0.1, 0.15) is 79.2 Å². The summed E-state index contributed by atoms with van der Waals surface area (Å²) in [5.41, 5.74) is 1.55. The molecule has 0 radical (unpaired) electrons. The predicted octanol–water partition coefficient (Wildman–Crippen LogP) is 1.51. The number of aromatic nitrogens is 1. The molecule has 3 aromatic rings. The molecular weight excluding hydrogens is 787 g/mol. The van der Waals surface area contributed by atoms with Crippen LogP contribution in [0.25, 0.3) is 0 Å². The third-order valence-electron chi connectivity index (χ3n) is 11.5. The van der Waals surface area contributed by atoms with Gasteiger partial charge in [-0.3, -0.25) is 33.6 Å². The predicted molar refractivity (Wildman–Crippen MR) is 218 cm³/mol. The van der Waals surface area contributed by atoms with Crippen molar-refractivity contribution in [3.05, 3.63) is 95.3 Å². The summed E-state index contributed by atoms with van der Waals surface area (Å²) in [6.45, 7) is 4.94. The van der Waals surface area contributed by atoms with Gasteiger partial charge in [0.15, 0.2) is 11.7 Å². The normalized spacial score (nSPS) is 25.9. The maximum absolute atomic E-state index is 14.9. The van der Waals surface area contributed by atoms with E-state index in [1.165, 1.54) is 47.0 Å². The largest absolute Gasteiger partial charge is 0.505 e. The first-order valence-electron chi connectivity index (χ1n) is 20.4. The van der Waals surface area contributed by atoms with Crippen molar-refractivity contribution in [3.63, 3.8) is 0 Å². The van der Waals surface area contributed by atoms with Crippen LogP contribution in [0.5, 0.6) is 5.75 Å². The number of hydrogen-bond acceptors (Lipinski definition) is 11. The van der Waals surface area contributed by atoms with Gasteiger partial charge in [0.05, 0.1) is 0 Å². The number of nitrogens with one attached hydrogen (secondary N) is 3. The first kappa shape index (κ1) is 43.9. The van der Waals surface area contributed by atoms with Gasteiger partial charge < -0.3 is 40.5 Å². The van der Waals surface area contributed by atoms with Crippen LogP contribution in [0.15, 0.2) is 72.9 Å². The molecule has 1 aromatic heterocycles. The second kappa shape index (κ2) is 19.2. The van der Waals surface area contributed by atoms with E-state index in [0.717, 1.165) is 11.1 Å². The highest BCUT2D eigenvalue weighted by molar-refractivity contribution is 6.01. The lowest BCUT2D eigenvalue weighted by Crippen LogP contribution is -2.61. The molecular formula is C44H51N7O10. The van der Waals surface area contributed by atoms with Crippen molar-refractivity contribution in [2.24, 2.45) is 0 Å². The van der Waals surface area contributed by atoms with Crippen LogP contribution < -0.4 is 16.0 Å². The molecule has 0 bridgehead atoms. The van der Waals surface area contributed by atoms with Gasteiger partial charge in [0.1, 0.15) is 47.8 Å². The highest BCUT2D eigenvalue weighted by atomic mass is 16.5. The van der Waals surface area contributed by atoms with E-state index in [9.17, 15) is 43.5 Å². The minimum Gasteiger partial charge on any atom is -0.505 e. The molecule has 4 heterocycles. The molecule has 3 saturated heterocycles. The third-order valence-corrected chi connectivity index (χ3v) is 11.5. The molecule has 322 valence electrons. The van der Waals surface area contributed by atoms with Crippen molar-refractivity contribution in [3.8, 4) is 5.75 Å². The number of rotatable bonds is 6. The Morgan fingerprint density at radius 3 is 2.26 bits per heavy atom. The smallest absolute Gasteiger partial charge is 0.333 e. The lowest BCUT2D eigenvalue weighted by molar-refractivity contribution is -0.156. The summed E-state index contributed by atoms with van der Waals surface area (Å²) in [4.78, 5) is 121. The second-order valence-electron chi connectivity index (χ2n) is 15.7. The summed E-state index contributed by atoms with van der Waals surface area (Å²) >= 11 is 0. The summed E-state index contributed by atoms with van der Waals surface area (Å²) in [5, 5.41) is 18.2. The van der Waals surface area contributed by atoms with Crippen LogP contribution in [-0.4, -0.2) is 128 Å². The molecule has 3 aliphatic heterocycles. The molecule has 61 heavy (non-hydrogen) atoms. The van der Waals surface area contributed by atoms with E-state index < -0.39 is 95.2 Å². The number of amides is 6. The zero-order valence-electron chi connectivity index (χ0n) is 34.5. The maximum atomic E-state index is 14.9. The summed E-state index contributed by atoms with van der Waals surface area (Å²) in [6.07, 6.45) is 0.231. The zero-order valence-corrected chi connectivity index (χ0v) is 34.5. The minimum atomic E-state index is -1.68. The van der Waals surface area contributed by atoms with Gasteiger partial charge in [0.2, 0.25) is 29.5 Å². The summed E-state index contributed by atoms with van der Waals surface area (Å²) < 4.78 is 5.84. The van der Waals surface area contributed by atoms with Crippen LogP contribution in [0.3, 0.4) is 0 Å². The van der Waals surface area contributed by atoms with E-state index in [-0.39, 0.29) is 56.5 Å².